The predicted molar refractivity (Wildman–Crippen MR) is 114 cm³/mol. The zero-order chi connectivity index (χ0) is 18.1. The average Bonchev–Trinajstić information content (AvgIpc) is 2.94. The van der Waals surface area contributed by atoms with Crippen LogP contribution in [0, 0.1) is 0 Å². The van der Waals surface area contributed by atoms with Crippen LogP contribution >= 0.6 is 9.24 Å². The van der Waals surface area contributed by atoms with Crippen molar-refractivity contribution in [3.8, 4) is 0 Å². The van der Waals surface area contributed by atoms with Gasteiger partial charge >= 0.3 is 0 Å². The zero-order valence-corrected chi connectivity index (χ0v) is 16.6. The van der Waals surface area contributed by atoms with Gasteiger partial charge in [0.05, 0.1) is 0 Å². The highest BCUT2D eigenvalue weighted by molar-refractivity contribution is 7.18. The molecule has 0 saturated carbocycles. The topological polar surface area (TPSA) is 20.2 Å². The van der Waals surface area contributed by atoms with Crippen LogP contribution in [0.25, 0.3) is 0 Å². The van der Waals surface area contributed by atoms with E-state index in [9.17, 15) is 5.11 Å². The first kappa shape index (κ1) is 19.9. The van der Waals surface area contributed by atoms with Gasteiger partial charge in [0.15, 0.2) is 0 Å². The summed E-state index contributed by atoms with van der Waals surface area (Å²) in [5, 5.41) is 12.0. The molecule has 3 atom stereocenters. The fourth-order valence-corrected chi connectivity index (χ4v) is 3.91. The van der Waals surface area contributed by atoms with Crippen molar-refractivity contribution < 1.29 is 5.11 Å². The summed E-state index contributed by atoms with van der Waals surface area (Å²) < 4.78 is 0. The SMILES string of the molecule is CC/C=C\C(=C/CC)C(O)(C1=CC=CCC=C1)C(P)C1=CCCC=C1. The summed E-state index contributed by atoms with van der Waals surface area (Å²) >= 11 is 0. The molecule has 2 aliphatic carbocycles. The van der Waals surface area contributed by atoms with Gasteiger partial charge in [0.1, 0.15) is 5.60 Å². The molecule has 0 amide bonds. The molecule has 1 nitrogen and oxygen atoms in total. The highest BCUT2D eigenvalue weighted by atomic mass is 31.0. The molecule has 0 aromatic rings. The van der Waals surface area contributed by atoms with E-state index in [0.717, 1.165) is 43.3 Å². The van der Waals surface area contributed by atoms with E-state index in [0.29, 0.717) is 0 Å². The molecule has 0 spiro atoms. The second-order valence-electron chi connectivity index (χ2n) is 6.49. The molecular formula is C23H31OP. The Hall–Kier alpha value is -1.43. The standard InChI is InChI=1S/C23H31OP/c1-3-5-16-20(13-4-2)23(24,21-17-11-6-7-12-18-21)22(25)19-14-9-8-10-15-19/h5-6,9,11-18,22,24H,3-4,7-8,10,25H2,1-2H3/b16-5-,20-13+. The van der Waals surface area contributed by atoms with E-state index in [2.05, 4.69) is 89.9 Å². The molecule has 0 aliphatic heterocycles. The smallest absolute Gasteiger partial charge is 0.124 e. The molecule has 2 rings (SSSR count). The summed E-state index contributed by atoms with van der Waals surface area (Å²) in [5.41, 5.74) is 1.95. The Kier molecular flexibility index (Phi) is 7.88. The Morgan fingerprint density at radius 1 is 1.20 bits per heavy atom. The van der Waals surface area contributed by atoms with Crippen LogP contribution in [-0.4, -0.2) is 16.4 Å². The third-order valence-corrected chi connectivity index (χ3v) is 5.52. The van der Waals surface area contributed by atoms with Crippen LogP contribution in [0.3, 0.4) is 0 Å². The maximum absolute atomic E-state index is 12.0. The van der Waals surface area contributed by atoms with Gasteiger partial charge < -0.3 is 5.11 Å². The van der Waals surface area contributed by atoms with Crippen molar-refractivity contribution in [1.29, 1.82) is 0 Å². The lowest BCUT2D eigenvalue weighted by atomic mass is 9.77. The summed E-state index contributed by atoms with van der Waals surface area (Å²) in [6.45, 7) is 4.24. The highest BCUT2D eigenvalue weighted by Crippen LogP contribution is 2.41. The van der Waals surface area contributed by atoms with Gasteiger partial charge in [0, 0.05) is 5.66 Å². The second-order valence-corrected chi connectivity index (χ2v) is 7.16. The molecular weight excluding hydrogens is 323 g/mol. The lowest BCUT2D eigenvalue weighted by Gasteiger charge is -2.38. The van der Waals surface area contributed by atoms with Crippen LogP contribution in [0.2, 0.25) is 0 Å². The van der Waals surface area contributed by atoms with E-state index >= 15 is 0 Å². The van der Waals surface area contributed by atoms with Gasteiger partial charge in [-0.2, -0.15) is 0 Å². The summed E-state index contributed by atoms with van der Waals surface area (Å²) in [6, 6.07) is 0. The molecule has 0 heterocycles. The fraction of sp³-hybridized carbons (Fsp3) is 0.391. The molecule has 0 radical (unpaired) electrons. The minimum absolute atomic E-state index is 0.0919. The second kappa shape index (κ2) is 9.90. The maximum Gasteiger partial charge on any atom is 0.124 e. The van der Waals surface area contributed by atoms with Crippen molar-refractivity contribution in [2.24, 2.45) is 0 Å². The van der Waals surface area contributed by atoms with Crippen LogP contribution in [-0.2, 0) is 0 Å². The van der Waals surface area contributed by atoms with Gasteiger partial charge in [-0.3, -0.25) is 0 Å². The van der Waals surface area contributed by atoms with Crippen molar-refractivity contribution in [3.63, 3.8) is 0 Å². The minimum atomic E-state index is -1.06. The Balaban J connectivity index is 2.56. The Morgan fingerprint density at radius 2 is 2.04 bits per heavy atom. The first-order chi connectivity index (χ1) is 12.1. The van der Waals surface area contributed by atoms with Crippen molar-refractivity contribution in [3.05, 3.63) is 83.6 Å². The van der Waals surface area contributed by atoms with Crippen LogP contribution in [0.4, 0.5) is 0 Å². The molecule has 2 aliphatic rings. The molecule has 3 unspecified atom stereocenters. The number of allylic oxidation sites excluding steroid dienone is 9. The summed E-state index contributed by atoms with van der Waals surface area (Å²) in [5.74, 6) is 0. The molecule has 2 heteroatoms. The Labute approximate surface area is 155 Å². The van der Waals surface area contributed by atoms with E-state index in [4.69, 9.17) is 0 Å². The van der Waals surface area contributed by atoms with Crippen molar-refractivity contribution in [1.82, 2.24) is 0 Å². The predicted octanol–water partition coefficient (Wildman–Crippen LogP) is 5.98. The molecule has 0 aromatic carbocycles. The normalized spacial score (nSPS) is 21.7. The van der Waals surface area contributed by atoms with E-state index in [1.165, 1.54) is 5.57 Å². The van der Waals surface area contributed by atoms with E-state index < -0.39 is 5.60 Å². The van der Waals surface area contributed by atoms with Gasteiger partial charge in [0.25, 0.3) is 0 Å². The maximum atomic E-state index is 12.0. The lowest BCUT2D eigenvalue weighted by Crippen LogP contribution is -2.43. The lowest BCUT2D eigenvalue weighted by molar-refractivity contribution is 0.130. The first-order valence-electron chi connectivity index (χ1n) is 9.40. The third-order valence-electron chi connectivity index (χ3n) is 4.65. The highest BCUT2D eigenvalue weighted by Gasteiger charge is 2.40. The van der Waals surface area contributed by atoms with Crippen LogP contribution in [0.5, 0.6) is 0 Å². The molecule has 0 fully saturated rings. The molecule has 134 valence electrons. The number of hydrogen-bond donors (Lipinski definition) is 1. The van der Waals surface area contributed by atoms with Crippen LogP contribution in [0.15, 0.2) is 83.6 Å². The van der Waals surface area contributed by atoms with Crippen LogP contribution < -0.4 is 0 Å². The summed E-state index contributed by atoms with van der Waals surface area (Å²) in [7, 11) is 2.90. The number of aliphatic hydroxyl groups is 1. The number of hydrogen-bond acceptors (Lipinski definition) is 1. The van der Waals surface area contributed by atoms with Gasteiger partial charge in [-0.05, 0) is 48.8 Å². The van der Waals surface area contributed by atoms with Crippen molar-refractivity contribution >= 4 is 9.24 Å². The summed E-state index contributed by atoms with van der Waals surface area (Å²) in [6.07, 6.45) is 28.3. The minimum Gasteiger partial charge on any atom is -0.379 e. The first-order valence-corrected chi connectivity index (χ1v) is 10.1. The molecule has 1 N–H and O–H groups in total. The van der Waals surface area contributed by atoms with Gasteiger partial charge in [0.2, 0.25) is 0 Å². The zero-order valence-electron chi connectivity index (χ0n) is 15.5. The molecule has 0 bridgehead atoms. The van der Waals surface area contributed by atoms with Gasteiger partial charge in [-0.15, -0.1) is 9.24 Å². The van der Waals surface area contributed by atoms with Gasteiger partial charge in [-0.1, -0.05) is 80.7 Å². The third kappa shape index (κ3) is 4.81. The molecule has 0 aromatic heterocycles. The van der Waals surface area contributed by atoms with Gasteiger partial charge in [-0.25, -0.2) is 0 Å². The Morgan fingerprint density at radius 3 is 2.72 bits per heavy atom. The number of rotatable bonds is 7. The monoisotopic (exact) mass is 354 g/mol. The fourth-order valence-electron chi connectivity index (χ4n) is 3.28. The Bertz CT molecular complexity index is 658. The molecule has 25 heavy (non-hydrogen) atoms. The molecule has 0 saturated heterocycles. The summed E-state index contributed by atoms with van der Waals surface area (Å²) in [4.78, 5) is 0. The van der Waals surface area contributed by atoms with E-state index in [-0.39, 0.29) is 5.66 Å². The van der Waals surface area contributed by atoms with E-state index in [1.54, 1.807) is 0 Å². The van der Waals surface area contributed by atoms with Crippen molar-refractivity contribution in [2.45, 2.75) is 57.2 Å². The average molecular weight is 354 g/mol. The van der Waals surface area contributed by atoms with E-state index in [1.807, 2.05) is 0 Å². The van der Waals surface area contributed by atoms with Crippen molar-refractivity contribution in [2.75, 3.05) is 0 Å². The largest absolute Gasteiger partial charge is 0.379 e. The van der Waals surface area contributed by atoms with Crippen LogP contribution in [0.1, 0.15) is 46.0 Å². The quantitative estimate of drug-likeness (QED) is 0.440.